The largest absolute Gasteiger partial charge is 0.464 e. The zero-order valence-electron chi connectivity index (χ0n) is 10.8. The third kappa shape index (κ3) is 2.01. The van der Waals surface area contributed by atoms with Crippen LogP contribution in [0.3, 0.4) is 0 Å². The molecule has 3 nitrogen and oxygen atoms in total. The fraction of sp³-hybridized carbons (Fsp3) is 0.500. The predicted molar refractivity (Wildman–Crippen MR) is 66.7 cm³/mol. The number of likely N-dealkylation sites (N-methyl/N-ethyl adjacent to an activating group) is 1. The number of carbonyl (C=O) groups excluding carboxylic acids is 1. The molecule has 0 bridgehead atoms. The lowest BCUT2D eigenvalue weighted by Crippen LogP contribution is -2.48. The van der Waals surface area contributed by atoms with E-state index < -0.39 is 5.54 Å². The summed E-state index contributed by atoms with van der Waals surface area (Å²) in [5.41, 5.74) is 0.946. The second-order valence-electron chi connectivity index (χ2n) is 4.46. The van der Waals surface area contributed by atoms with Crippen LogP contribution in [0.5, 0.6) is 0 Å². The maximum atomic E-state index is 13.2. The maximum Gasteiger partial charge on any atom is 0.331 e. The fourth-order valence-corrected chi connectivity index (χ4v) is 2.67. The van der Waals surface area contributed by atoms with E-state index in [2.05, 4.69) is 5.32 Å². The maximum absolute atomic E-state index is 13.2. The van der Waals surface area contributed by atoms with Crippen molar-refractivity contribution in [2.24, 2.45) is 0 Å². The Bertz CT molecular complexity index is 461. The van der Waals surface area contributed by atoms with Gasteiger partial charge in [0.1, 0.15) is 11.4 Å². The monoisotopic (exact) mass is 251 g/mol. The molecule has 4 heteroatoms. The van der Waals surface area contributed by atoms with Gasteiger partial charge in [-0.2, -0.15) is 0 Å². The van der Waals surface area contributed by atoms with Crippen molar-refractivity contribution >= 4 is 5.97 Å². The minimum absolute atomic E-state index is 0.259. The average molecular weight is 251 g/mol. The van der Waals surface area contributed by atoms with Crippen molar-refractivity contribution in [3.05, 3.63) is 35.1 Å². The first-order valence-electron chi connectivity index (χ1n) is 6.35. The summed E-state index contributed by atoms with van der Waals surface area (Å²) in [7, 11) is 0. The van der Waals surface area contributed by atoms with Crippen molar-refractivity contribution in [2.75, 3.05) is 13.2 Å². The van der Waals surface area contributed by atoms with Gasteiger partial charge < -0.3 is 4.74 Å². The molecule has 2 rings (SSSR count). The third-order valence-electron chi connectivity index (χ3n) is 3.40. The molecule has 18 heavy (non-hydrogen) atoms. The van der Waals surface area contributed by atoms with E-state index in [0.717, 1.165) is 11.1 Å². The summed E-state index contributed by atoms with van der Waals surface area (Å²) in [6, 6.07) is 4.60. The van der Waals surface area contributed by atoms with E-state index in [4.69, 9.17) is 4.74 Å². The van der Waals surface area contributed by atoms with Crippen LogP contribution in [-0.4, -0.2) is 19.1 Å². The Morgan fingerprint density at radius 2 is 2.28 bits per heavy atom. The van der Waals surface area contributed by atoms with E-state index in [-0.39, 0.29) is 11.8 Å². The first kappa shape index (κ1) is 13.0. The van der Waals surface area contributed by atoms with Crippen LogP contribution in [0.4, 0.5) is 4.39 Å². The van der Waals surface area contributed by atoms with E-state index in [1.165, 1.54) is 12.1 Å². The molecule has 1 aliphatic carbocycles. The molecule has 1 atom stereocenters. The van der Waals surface area contributed by atoms with E-state index in [9.17, 15) is 9.18 Å². The van der Waals surface area contributed by atoms with Gasteiger partial charge in [0.05, 0.1) is 6.61 Å². The summed E-state index contributed by atoms with van der Waals surface area (Å²) in [6.07, 6.45) is 1.32. The minimum atomic E-state index is -0.798. The highest BCUT2D eigenvalue weighted by molar-refractivity contribution is 5.84. The lowest BCUT2D eigenvalue weighted by atomic mass is 9.91. The van der Waals surface area contributed by atoms with Gasteiger partial charge in [-0.3, -0.25) is 5.32 Å². The molecule has 1 unspecified atom stereocenters. The molecule has 0 aromatic heterocycles. The van der Waals surface area contributed by atoms with Crippen molar-refractivity contribution in [3.8, 4) is 0 Å². The van der Waals surface area contributed by atoms with Crippen LogP contribution in [0, 0.1) is 5.82 Å². The van der Waals surface area contributed by atoms with Crippen LogP contribution in [0.1, 0.15) is 31.4 Å². The molecule has 0 heterocycles. The number of fused-ring (bicyclic) bond motifs is 1. The fourth-order valence-electron chi connectivity index (χ4n) is 2.67. The zero-order chi connectivity index (χ0) is 13.2. The first-order chi connectivity index (χ1) is 8.64. The Labute approximate surface area is 106 Å². The quantitative estimate of drug-likeness (QED) is 0.833. The molecule has 0 aliphatic heterocycles. The van der Waals surface area contributed by atoms with Crippen molar-refractivity contribution in [1.82, 2.24) is 5.32 Å². The molecule has 0 radical (unpaired) electrons. The van der Waals surface area contributed by atoms with Crippen molar-refractivity contribution in [2.45, 2.75) is 32.2 Å². The summed E-state index contributed by atoms with van der Waals surface area (Å²) >= 11 is 0. The summed E-state index contributed by atoms with van der Waals surface area (Å²) in [5.74, 6) is -0.526. The van der Waals surface area contributed by atoms with Gasteiger partial charge in [-0.15, -0.1) is 0 Å². The number of rotatable bonds is 4. The Morgan fingerprint density at radius 3 is 2.94 bits per heavy atom. The molecular formula is C14H18FNO2. The smallest absolute Gasteiger partial charge is 0.331 e. The zero-order valence-corrected chi connectivity index (χ0v) is 10.8. The molecule has 1 aliphatic rings. The number of benzene rings is 1. The Balaban J connectivity index is 2.43. The number of hydrogen-bond acceptors (Lipinski definition) is 3. The predicted octanol–water partition coefficient (Wildman–Crippen LogP) is 2.14. The molecule has 0 fully saturated rings. The van der Waals surface area contributed by atoms with Crippen LogP contribution in [-0.2, 0) is 21.5 Å². The van der Waals surface area contributed by atoms with Gasteiger partial charge in [-0.05, 0) is 49.6 Å². The van der Waals surface area contributed by atoms with Gasteiger partial charge in [-0.1, -0.05) is 13.0 Å². The number of hydrogen-bond donors (Lipinski definition) is 1. The van der Waals surface area contributed by atoms with Gasteiger partial charge in [0.15, 0.2) is 0 Å². The molecular weight excluding hydrogens is 233 g/mol. The van der Waals surface area contributed by atoms with Crippen LogP contribution in [0.25, 0.3) is 0 Å². The molecule has 0 saturated heterocycles. The molecule has 1 aromatic rings. The average Bonchev–Trinajstić information content (AvgIpc) is 2.69. The Kier molecular flexibility index (Phi) is 3.66. The topological polar surface area (TPSA) is 38.3 Å². The molecule has 0 spiro atoms. The number of halogens is 1. The molecule has 1 aromatic carbocycles. The van der Waals surface area contributed by atoms with Gasteiger partial charge in [-0.25, -0.2) is 9.18 Å². The third-order valence-corrected chi connectivity index (χ3v) is 3.40. The second-order valence-corrected chi connectivity index (χ2v) is 4.46. The van der Waals surface area contributed by atoms with Crippen LogP contribution in [0.15, 0.2) is 18.2 Å². The standard InChI is InChI=1S/C14H18FNO2/c1-3-16-14(13(17)18-4-2)8-7-10-9-11(15)5-6-12(10)14/h5-6,9,16H,3-4,7-8H2,1-2H3. The summed E-state index contributed by atoms with van der Waals surface area (Å²) < 4.78 is 18.4. The van der Waals surface area contributed by atoms with Crippen LogP contribution < -0.4 is 5.32 Å². The molecule has 1 N–H and O–H groups in total. The Morgan fingerprint density at radius 1 is 1.50 bits per heavy atom. The van der Waals surface area contributed by atoms with E-state index >= 15 is 0 Å². The molecule has 0 amide bonds. The highest BCUT2D eigenvalue weighted by Gasteiger charge is 2.46. The summed E-state index contributed by atoms with van der Waals surface area (Å²) in [4.78, 5) is 12.2. The number of aryl methyl sites for hydroxylation is 1. The molecule has 98 valence electrons. The highest BCUT2D eigenvalue weighted by Crippen LogP contribution is 2.38. The molecule has 0 saturated carbocycles. The number of ether oxygens (including phenoxy) is 1. The summed E-state index contributed by atoms with van der Waals surface area (Å²) in [6.45, 7) is 4.75. The number of carbonyl (C=O) groups is 1. The first-order valence-corrected chi connectivity index (χ1v) is 6.35. The van der Waals surface area contributed by atoms with E-state index in [1.807, 2.05) is 6.92 Å². The van der Waals surface area contributed by atoms with E-state index in [1.54, 1.807) is 13.0 Å². The Hall–Kier alpha value is -1.42. The van der Waals surface area contributed by atoms with Gasteiger partial charge in [0, 0.05) is 0 Å². The normalized spacial score (nSPS) is 21.7. The van der Waals surface area contributed by atoms with Crippen molar-refractivity contribution in [1.29, 1.82) is 0 Å². The van der Waals surface area contributed by atoms with Crippen molar-refractivity contribution in [3.63, 3.8) is 0 Å². The van der Waals surface area contributed by atoms with Crippen LogP contribution in [0.2, 0.25) is 0 Å². The van der Waals surface area contributed by atoms with Gasteiger partial charge >= 0.3 is 5.97 Å². The van der Waals surface area contributed by atoms with Crippen LogP contribution >= 0.6 is 0 Å². The van der Waals surface area contributed by atoms with Gasteiger partial charge in [0.25, 0.3) is 0 Å². The number of nitrogens with one attached hydrogen (secondary N) is 1. The lowest BCUT2D eigenvalue weighted by molar-refractivity contribution is -0.151. The summed E-state index contributed by atoms with van der Waals surface area (Å²) in [5, 5.41) is 3.22. The van der Waals surface area contributed by atoms with Crippen molar-refractivity contribution < 1.29 is 13.9 Å². The van der Waals surface area contributed by atoms with Gasteiger partial charge in [0.2, 0.25) is 0 Å². The number of esters is 1. The lowest BCUT2D eigenvalue weighted by Gasteiger charge is -2.28. The second kappa shape index (κ2) is 5.06. The SMILES string of the molecule is CCNC1(C(=O)OCC)CCc2cc(F)ccc21. The van der Waals surface area contributed by atoms with E-state index in [0.29, 0.717) is 26.0 Å². The highest BCUT2D eigenvalue weighted by atomic mass is 19.1. The minimum Gasteiger partial charge on any atom is -0.464 e.